The number of esters is 2. The summed E-state index contributed by atoms with van der Waals surface area (Å²) in [7, 11) is 0. The number of unbranched alkanes of at least 4 members (excludes halogenated alkanes) is 12. The molecule has 0 aliphatic heterocycles. The first-order valence-corrected chi connectivity index (χ1v) is 9.88. The Balaban J connectivity index is -0.000000435. The van der Waals surface area contributed by atoms with Crippen molar-refractivity contribution < 1.29 is 24.2 Å². The van der Waals surface area contributed by atoms with E-state index in [1.165, 1.54) is 64.2 Å². The average Bonchev–Trinajstić information content (AvgIpc) is 2.58. The number of carboxylic acids is 1. The Morgan fingerprint density at radius 3 is 1.43 bits per heavy atom. The van der Waals surface area contributed by atoms with Gasteiger partial charge in [-0.3, -0.25) is 9.59 Å². The maximum absolute atomic E-state index is 11.2. The molecular formula is C20H39NNa2O5. The van der Waals surface area contributed by atoms with Crippen molar-refractivity contribution in [3.05, 3.63) is 0 Å². The van der Waals surface area contributed by atoms with Crippen LogP contribution in [0.2, 0.25) is 0 Å². The second-order valence-electron chi connectivity index (χ2n) is 6.45. The summed E-state index contributed by atoms with van der Waals surface area (Å²) in [5.74, 6) is -2.23. The molecule has 0 saturated heterocycles. The number of ether oxygens (including phenoxy) is 1. The Kier molecular flexibility index (Phi) is 37.6. The zero-order valence-corrected chi connectivity index (χ0v) is 16.6. The molecule has 0 spiro atoms. The fourth-order valence-corrected chi connectivity index (χ4v) is 2.48. The van der Waals surface area contributed by atoms with Crippen LogP contribution in [0.5, 0.6) is 0 Å². The van der Waals surface area contributed by atoms with E-state index in [1.807, 2.05) is 0 Å². The van der Waals surface area contributed by atoms with Crippen molar-refractivity contribution in [2.75, 3.05) is 0 Å². The van der Waals surface area contributed by atoms with Crippen LogP contribution in [0.25, 0.3) is 0 Å². The molecule has 0 fully saturated rings. The van der Waals surface area contributed by atoms with E-state index in [1.54, 1.807) is 0 Å². The quantitative estimate of drug-likeness (QED) is 0.137. The number of carbonyl (C=O) groups is 3. The molecule has 156 valence electrons. The number of hydrogen-bond donors (Lipinski definition) is 2. The van der Waals surface area contributed by atoms with Gasteiger partial charge < -0.3 is 15.3 Å². The van der Waals surface area contributed by atoms with Gasteiger partial charge in [0.15, 0.2) is 0 Å². The van der Waals surface area contributed by atoms with Crippen molar-refractivity contribution >= 4 is 83.2 Å². The van der Waals surface area contributed by atoms with Gasteiger partial charge in [-0.25, -0.2) is 4.79 Å². The summed E-state index contributed by atoms with van der Waals surface area (Å²) in [5.41, 5.74) is 0. The van der Waals surface area contributed by atoms with Crippen LogP contribution in [0.4, 0.5) is 0 Å². The van der Waals surface area contributed by atoms with Crippen LogP contribution in [0, 0.1) is 5.41 Å². The van der Waals surface area contributed by atoms with E-state index >= 15 is 0 Å². The standard InChI is InChI=1S/C18H33NO3.C2H4O2.2Na.2H/c1-2-3-4-5-6-7-8-9-10-11-12-13-14-15-17(20)22-18(21)16-19;1-2(3)4;;;;/h16,19H,2-15H2,1H3;1H3,(H,3,4);;;;. The third-order valence-electron chi connectivity index (χ3n) is 3.82. The Morgan fingerprint density at radius 2 is 1.11 bits per heavy atom. The third-order valence-corrected chi connectivity index (χ3v) is 3.82. The first kappa shape index (κ1) is 35.7. The van der Waals surface area contributed by atoms with Gasteiger partial charge in [0.1, 0.15) is 6.21 Å². The van der Waals surface area contributed by atoms with Gasteiger partial charge in [-0.15, -0.1) is 0 Å². The molecule has 2 N–H and O–H groups in total. The molecule has 0 aromatic carbocycles. The van der Waals surface area contributed by atoms with Gasteiger partial charge in [-0.05, 0) is 6.42 Å². The molecule has 0 bridgehead atoms. The van der Waals surface area contributed by atoms with E-state index in [-0.39, 0.29) is 65.5 Å². The topological polar surface area (TPSA) is 105 Å². The van der Waals surface area contributed by atoms with Crippen LogP contribution in [-0.4, -0.2) is 88.3 Å². The second kappa shape index (κ2) is 29.5. The summed E-state index contributed by atoms with van der Waals surface area (Å²) in [4.78, 5) is 30.8. The number of rotatable bonds is 15. The van der Waals surface area contributed by atoms with Crippen LogP contribution in [0.1, 0.15) is 104 Å². The molecule has 0 rings (SSSR count). The molecule has 0 amide bonds. The maximum atomic E-state index is 11.2. The molecule has 6 nitrogen and oxygen atoms in total. The molecule has 28 heavy (non-hydrogen) atoms. The molecule has 0 atom stereocenters. The predicted octanol–water partition coefficient (Wildman–Crippen LogP) is 3.98. The molecule has 8 heteroatoms. The van der Waals surface area contributed by atoms with Crippen LogP contribution in [0.15, 0.2) is 0 Å². The monoisotopic (exact) mass is 419 g/mol. The summed E-state index contributed by atoms with van der Waals surface area (Å²) in [5, 5.41) is 14.0. The van der Waals surface area contributed by atoms with Gasteiger partial charge in [0.25, 0.3) is 5.97 Å². The van der Waals surface area contributed by atoms with Crippen LogP contribution in [0.3, 0.4) is 0 Å². The fourth-order valence-electron chi connectivity index (χ4n) is 2.48. The summed E-state index contributed by atoms with van der Waals surface area (Å²) < 4.78 is 4.39. The predicted molar refractivity (Wildman–Crippen MR) is 118 cm³/mol. The van der Waals surface area contributed by atoms with E-state index in [9.17, 15) is 9.59 Å². The summed E-state index contributed by atoms with van der Waals surface area (Å²) in [6.45, 7) is 3.33. The fraction of sp³-hybridized carbons (Fsp3) is 0.800. The minimum absolute atomic E-state index is 0. The number of hydrogen-bond acceptors (Lipinski definition) is 5. The normalized spacial score (nSPS) is 9.07. The number of nitrogens with one attached hydrogen (secondary N) is 1. The summed E-state index contributed by atoms with van der Waals surface area (Å²) >= 11 is 0. The van der Waals surface area contributed by atoms with E-state index in [2.05, 4.69) is 11.7 Å². The SMILES string of the molecule is CC(=O)O.CCCCCCCCCCCCCCCC(=O)OC(=O)C=N.[NaH].[NaH]. The molecule has 0 unspecified atom stereocenters. The van der Waals surface area contributed by atoms with Crippen molar-refractivity contribution in [3.63, 3.8) is 0 Å². The third kappa shape index (κ3) is 37.1. The average molecular weight is 420 g/mol. The summed E-state index contributed by atoms with van der Waals surface area (Å²) in [6, 6.07) is 0. The van der Waals surface area contributed by atoms with E-state index in [4.69, 9.17) is 15.3 Å². The first-order valence-electron chi connectivity index (χ1n) is 9.88. The van der Waals surface area contributed by atoms with Crippen molar-refractivity contribution in [2.24, 2.45) is 0 Å². The molecule has 0 radical (unpaired) electrons. The van der Waals surface area contributed by atoms with Gasteiger partial charge in [-0.1, -0.05) is 84.0 Å². The van der Waals surface area contributed by atoms with Gasteiger partial charge in [0.05, 0.1) is 0 Å². The summed E-state index contributed by atoms with van der Waals surface area (Å²) in [6.07, 6.45) is 17.1. The molecule has 0 saturated carbocycles. The molecule has 0 aliphatic rings. The van der Waals surface area contributed by atoms with Crippen LogP contribution < -0.4 is 0 Å². The van der Waals surface area contributed by atoms with Crippen LogP contribution in [-0.2, 0) is 19.1 Å². The van der Waals surface area contributed by atoms with Gasteiger partial charge in [0, 0.05) is 13.3 Å². The second-order valence-corrected chi connectivity index (χ2v) is 6.45. The van der Waals surface area contributed by atoms with Crippen LogP contribution >= 0.6 is 0 Å². The van der Waals surface area contributed by atoms with E-state index in [0.717, 1.165) is 26.2 Å². The molecule has 0 heterocycles. The molecule has 0 aromatic rings. The number of aliphatic carboxylic acids is 1. The van der Waals surface area contributed by atoms with Crippen molar-refractivity contribution in [1.29, 1.82) is 5.41 Å². The number of carbonyl (C=O) groups excluding carboxylic acids is 2. The first-order chi connectivity index (χ1) is 12.4. The van der Waals surface area contributed by atoms with Crippen molar-refractivity contribution in [2.45, 2.75) is 104 Å². The van der Waals surface area contributed by atoms with E-state index in [0.29, 0.717) is 6.21 Å². The Morgan fingerprint density at radius 1 is 0.786 bits per heavy atom. The molecular weight excluding hydrogens is 380 g/mol. The molecule has 0 aromatic heterocycles. The minimum atomic E-state index is -0.875. The van der Waals surface area contributed by atoms with Gasteiger partial charge in [0.2, 0.25) is 0 Å². The Hall–Kier alpha value is 0.280. The van der Waals surface area contributed by atoms with E-state index < -0.39 is 17.9 Å². The Labute approximate surface area is 215 Å². The Bertz CT molecular complexity index is 389. The zero-order chi connectivity index (χ0) is 20.0. The van der Waals surface area contributed by atoms with Crippen molar-refractivity contribution in [3.8, 4) is 0 Å². The van der Waals surface area contributed by atoms with Crippen molar-refractivity contribution in [1.82, 2.24) is 0 Å². The van der Waals surface area contributed by atoms with Gasteiger partial charge in [-0.2, -0.15) is 0 Å². The van der Waals surface area contributed by atoms with Gasteiger partial charge >= 0.3 is 71.1 Å². The zero-order valence-electron chi connectivity index (χ0n) is 16.6. The number of carboxylic acid groups (broad SMARTS) is 1. The molecule has 0 aliphatic carbocycles.